The summed E-state index contributed by atoms with van der Waals surface area (Å²) in [5, 5.41) is 5.44. The monoisotopic (exact) mass is 479 g/mol. The van der Waals surface area contributed by atoms with Crippen LogP contribution in [0.2, 0.25) is 0 Å². The number of hydrogen-bond acceptors (Lipinski definition) is 7. The summed E-state index contributed by atoms with van der Waals surface area (Å²) in [4.78, 5) is 37.4. The summed E-state index contributed by atoms with van der Waals surface area (Å²) < 4.78 is 2.13. The first-order chi connectivity index (χ1) is 16.8. The molecule has 0 fully saturated rings. The Balaban J connectivity index is 0.000000369. The van der Waals surface area contributed by atoms with Gasteiger partial charge in [-0.25, -0.2) is 9.97 Å². The fourth-order valence-corrected chi connectivity index (χ4v) is 3.38. The van der Waals surface area contributed by atoms with Crippen molar-refractivity contribution in [3.63, 3.8) is 0 Å². The molecule has 0 saturated carbocycles. The predicted molar refractivity (Wildman–Crippen MR) is 139 cm³/mol. The van der Waals surface area contributed by atoms with Crippen molar-refractivity contribution >= 4 is 18.0 Å². The van der Waals surface area contributed by atoms with Crippen LogP contribution in [0.15, 0.2) is 48.9 Å². The molecule has 1 amide bonds. The number of hydrogen-bond donors (Lipinski definition) is 2. The lowest BCUT2D eigenvalue weighted by atomic mass is 9.93. The number of carbonyl (C=O) groups is 2. The van der Waals surface area contributed by atoms with Gasteiger partial charge in [-0.2, -0.15) is 0 Å². The normalized spacial score (nSPS) is 12.3. The summed E-state index contributed by atoms with van der Waals surface area (Å²) >= 11 is 0. The van der Waals surface area contributed by atoms with Gasteiger partial charge in [0.05, 0.1) is 18.4 Å². The quantitative estimate of drug-likeness (QED) is 0.554. The molecule has 0 saturated heterocycles. The summed E-state index contributed by atoms with van der Waals surface area (Å²) in [7, 11) is 5.37. The average Bonchev–Trinajstić information content (AvgIpc) is 3.24. The number of benzene rings is 1. The van der Waals surface area contributed by atoms with E-state index in [1.807, 2.05) is 65.2 Å². The lowest BCUT2D eigenvalue weighted by molar-refractivity contribution is -0.109. The van der Waals surface area contributed by atoms with E-state index in [1.165, 1.54) is 0 Å². The van der Waals surface area contributed by atoms with Crippen molar-refractivity contribution in [2.75, 3.05) is 32.6 Å². The van der Waals surface area contributed by atoms with E-state index >= 15 is 0 Å². The summed E-state index contributed by atoms with van der Waals surface area (Å²) in [5.74, 6) is 1.46. The molecule has 4 rings (SSSR count). The number of fused-ring (bicyclic) bond motifs is 1. The number of imidazole rings is 1. The zero-order valence-corrected chi connectivity index (χ0v) is 21.6. The smallest absolute Gasteiger partial charge is 0.271 e. The van der Waals surface area contributed by atoms with Crippen LogP contribution in [-0.2, 0) is 17.9 Å². The number of nitrogens with zero attached hydrogens (tertiary/aromatic N) is 5. The zero-order valence-electron chi connectivity index (χ0n) is 21.6. The second-order valence-electron chi connectivity index (χ2n) is 9.24. The Morgan fingerprint density at radius 1 is 1.09 bits per heavy atom. The van der Waals surface area contributed by atoms with Gasteiger partial charge in [-0.05, 0) is 19.5 Å². The molecule has 2 N–H and O–H groups in total. The summed E-state index contributed by atoms with van der Waals surface area (Å²) in [6.45, 7) is 8.22. The molecule has 0 aliphatic carbocycles. The van der Waals surface area contributed by atoms with Crippen molar-refractivity contribution < 1.29 is 9.59 Å². The highest BCUT2D eigenvalue weighted by Gasteiger charge is 2.28. The van der Waals surface area contributed by atoms with Gasteiger partial charge in [0.2, 0.25) is 0 Å². The molecule has 188 valence electrons. The SMILES string of the molecule is CC(C)(C)CC=O.CNC.CNC(=O)c1nc(-c2ccccc2)n2c1CN(c1cnccn1)CC2. The maximum Gasteiger partial charge on any atom is 0.271 e. The van der Waals surface area contributed by atoms with Gasteiger partial charge >= 0.3 is 0 Å². The van der Waals surface area contributed by atoms with E-state index in [4.69, 9.17) is 0 Å². The fraction of sp³-hybridized carbons (Fsp3) is 0.423. The van der Waals surface area contributed by atoms with Gasteiger partial charge < -0.3 is 24.9 Å². The molecule has 9 nitrogen and oxygen atoms in total. The second-order valence-corrected chi connectivity index (χ2v) is 9.24. The Labute approximate surface area is 208 Å². The molecular weight excluding hydrogens is 442 g/mol. The third kappa shape index (κ3) is 7.99. The Hall–Kier alpha value is -3.59. The van der Waals surface area contributed by atoms with Gasteiger partial charge in [-0.15, -0.1) is 0 Å². The Kier molecular flexibility index (Phi) is 10.5. The highest BCUT2D eigenvalue weighted by Crippen LogP contribution is 2.28. The summed E-state index contributed by atoms with van der Waals surface area (Å²) in [5.41, 5.74) is 2.55. The molecule has 9 heteroatoms. The molecule has 3 heterocycles. The van der Waals surface area contributed by atoms with Crippen LogP contribution in [0.25, 0.3) is 11.4 Å². The van der Waals surface area contributed by atoms with E-state index in [2.05, 4.69) is 35.1 Å². The third-order valence-electron chi connectivity index (χ3n) is 5.05. The zero-order chi connectivity index (χ0) is 25.8. The topological polar surface area (TPSA) is 105 Å². The van der Waals surface area contributed by atoms with Crippen LogP contribution in [0, 0.1) is 5.41 Å². The minimum absolute atomic E-state index is 0.174. The van der Waals surface area contributed by atoms with Crippen molar-refractivity contribution in [3.8, 4) is 11.4 Å². The minimum Gasteiger partial charge on any atom is -0.354 e. The van der Waals surface area contributed by atoms with Crippen molar-refractivity contribution in [1.29, 1.82) is 0 Å². The van der Waals surface area contributed by atoms with Gasteiger partial charge in [0.25, 0.3) is 5.91 Å². The van der Waals surface area contributed by atoms with Crippen LogP contribution in [0.4, 0.5) is 5.82 Å². The van der Waals surface area contributed by atoms with Crippen LogP contribution >= 0.6 is 0 Å². The van der Waals surface area contributed by atoms with Crippen molar-refractivity contribution in [1.82, 2.24) is 30.2 Å². The number of amides is 1. The number of aromatic nitrogens is 4. The number of anilines is 1. The fourth-order valence-electron chi connectivity index (χ4n) is 3.38. The molecule has 0 bridgehead atoms. The molecule has 0 spiro atoms. The van der Waals surface area contributed by atoms with E-state index in [0.29, 0.717) is 18.7 Å². The van der Waals surface area contributed by atoms with Gasteiger partial charge in [-0.3, -0.25) is 9.78 Å². The van der Waals surface area contributed by atoms with Gasteiger partial charge in [0.15, 0.2) is 5.69 Å². The Bertz CT molecular complexity index is 1060. The van der Waals surface area contributed by atoms with Crippen molar-refractivity contribution in [3.05, 3.63) is 60.3 Å². The van der Waals surface area contributed by atoms with Gasteiger partial charge in [0.1, 0.15) is 17.9 Å². The van der Waals surface area contributed by atoms with Crippen LogP contribution in [0.1, 0.15) is 43.4 Å². The summed E-state index contributed by atoms with van der Waals surface area (Å²) in [6, 6.07) is 9.95. The van der Waals surface area contributed by atoms with Crippen LogP contribution in [0.3, 0.4) is 0 Å². The van der Waals surface area contributed by atoms with Crippen LogP contribution in [0.5, 0.6) is 0 Å². The first-order valence-electron chi connectivity index (χ1n) is 11.7. The highest BCUT2D eigenvalue weighted by molar-refractivity contribution is 5.94. The molecule has 1 aromatic carbocycles. The Morgan fingerprint density at radius 3 is 2.29 bits per heavy atom. The molecule has 1 aliphatic rings. The second kappa shape index (κ2) is 13.3. The number of carbonyl (C=O) groups excluding carboxylic acids is 2. The number of nitrogens with one attached hydrogen (secondary N) is 2. The molecular formula is C26H37N7O2. The standard InChI is InChI=1S/C18H18N6O.C6H12O.C2H7N/c1-19-18(25)16-14-12-23(15-11-20-7-8-21-15)9-10-24(14)17(22-16)13-5-3-2-4-6-13;1-6(2,3)4-5-7;1-3-2/h2-8,11H,9-10,12H2,1H3,(H,19,25);5H,4H2,1-3H3;3H,1-2H3. The maximum atomic E-state index is 12.3. The first-order valence-corrected chi connectivity index (χ1v) is 11.7. The largest absolute Gasteiger partial charge is 0.354 e. The van der Waals surface area contributed by atoms with E-state index < -0.39 is 0 Å². The molecule has 0 atom stereocenters. The molecule has 1 aliphatic heterocycles. The average molecular weight is 480 g/mol. The van der Waals surface area contributed by atoms with Gasteiger partial charge in [0, 0.05) is 44.5 Å². The lowest BCUT2D eigenvalue weighted by Crippen LogP contribution is -2.35. The van der Waals surface area contributed by atoms with E-state index in [0.717, 1.165) is 42.3 Å². The third-order valence-corrected chi connectivity index (χ3v) is 5.05. The van der Waals surface area contributed by atoms with Crippen molar-refractivity contribution in [2.24, 2.45) is 5.41 Å². The van der Waals surface area contributed by atoms with E-state index in [9.17, 15) is 9.59 Å². The van der Waals surface area contributed by atoms with E-state index in [-0.39, 0.29) is 11.3 Å². The molecule has 0 unspecified atom stereocenters. The van der Waals surface area contributed by atoms with Crippen molar-refractivity contribution in [2.45, 2.75) is 40.3 Å². The molecule has 35 heavy (non-hydrogen) atoms. The van der Waals surface area contributed by atoms with E-state index in [1.54, 1.807) is 25.6 Å². The van der Waals surface area contributed by atoms with Gasteiger partial charge in [-0.1, -0.05) is 51.1 Å². The first kappa shape index (κ1) is 27.7. The predicted octanol–water partition coefficient (Wildman–Crippen LogP) is 3.18. The molecule has 0 radical (unpaired) electrons. The molecule has 2 aromatic heterocycles. The van der Waals surface area contributed by atoms with Crippen LogP contribution < -0.4 is 15.5 Å². The van der Waals surface area contributed by atoms with Crippen LogP contribution in [-0.4, -0.2) is 59.4 Å². The highest BCUT2D eigenvalue weighted by atomic mass is 16.1. The lowest BCUT2D eigenvalue weighted by Gasteiger charge is -2.30. The Morgan fingerprint density at radius 2 is 1.77 bits per heavy atom. The number of rotatable bonds is 4. The molecule has 3 aromatic rings. The minimum atomic E-state index is -0.174. The summed E-state index contributed by atoms with van der Waals surface area (Å²) in [6.07, 6.45) is 6.69. The maximum absolute atomic E-state index is 12.3. The number of aldehydes is 1.